The van der Waals surface area contributed by atoms with E-state index in [-0.39, 0.29) is 41.5 Å². The van der Waals surface area contributed by atoms with Crippen molar-refractivity contribution in [3.05, 3.63) is 166 Å². The number of phenolic OH excluding ortho intramolecular Hbond substituents is 1. The molecule has 5 aromatic carbocycles. The largest absolute Gasteiger partial charge is 0.508 e. The van der Waals surface area contributed by atoms with Crippen molar-refractivity contribution in [3.63, 3.8) is 0 Å². The van der Waals surface area contributed by atoms with E-state index >= 15 is 0 Å². The number of fused-ring (bicyclic) bond motifs is 1. The number of aliphatic hydroxyl groups excluding tert-OH is 1. The van der Waals surface area contributed by atoms with Gasteiger partial charge in [-0.25, -0.2) is 9.59 Å². The summed E-state index contributed by atoms with van der Waals surface area (Å²) in [7, 11) is 0. The van der Waals surface area contributed by atoms with Crippen LogP contribution in [0, 0.1) is 0 Å². The van der Waals surface area contributed by atoms with E-state index in [1.54, 1.807) is 28.9 Å². The first-order valence-corrected chi connectivity index (χ1v) is 18.4. The fraction of sp³-hybridized carbons (Fsp3) is 0.171. The molecule has 55 heavy (non-hydrogen) atoms. The molecule has 1 saturated heterocycles. The van der Waals surface area contributed by atoms with Gasteiger partial charge in [-0.05, 0) is 75.1 Å². The van der Waals surface area contributed by atoms with E-state index < -0.39 is 36.3 Å². The number of cyclic esters (lactones) is 2. The number of amides is 1. The Morgan fingerprint density at radius 1 is 0.782 bits per heavy atom. The van der Waals surface area contributed by atoms with Gasteiger partial charge in [-0.3, -0.25) is 4.79 Å². The average molecular weight is 756 g/mol. The molecule has 276 valence electrons. The smallest absolute Gasteiger partial charge is 0.346 e. The third-order valence-corrected chi connectivity index (χ3v) is 10.5. The van der Waals surface area contributed by atoms with Crippen LogP contribution < -0.4 is 5.32 Å². The molecule has 2 aliphatic rings. The van der Waals surface area contributed by atoms with E-state index in [1.807, 2.05) is 66.7 Å². The molecule has 3 N–H and O–H groups in total. The van der Waals surface area contributed by atoms with Gasteiger partial charge in [0, 0.05) is 29.3 Å². The summed E-state index contributed by atoms with van der Waals surface area (Å²) in [5, 5.41) is 35.3. The number of thioether (sulfide) groups is 1. The van der Waals surface area contributed by atoms with Gasteiger partial charge < -0.3 is 29.7 Å². The predicted octanol–water partition coefficient (Wildman–Crippen LogP) is 5.83. The zero-order valence-corrected chi connectivity index (χ0v) is 29.8. The minimum absolute atomic E-state index is 0.0687. The maximum Gasteiger partial charge on any atom is 0.346 e. The number of ether oxygens (including phenoxy) is 3. The lowest BCUT2D eigenvalue weighted by Gasteiger charge is -2.43. The van der Waals surface area contributed by atoms with Crippen molar-refractivity contribution in [1.29, 1.82) is 0 Å². The molecule has 1 aromatic heterocycles. The molecular weight excluding hydrogens is 723 g/mol. The Bertz CT molecular complexity index is 2340. The van der Waals surface area contributed by atoms with Gasteiger partial charge in [-0.2, -0.15) is 4.68 Å². The van der Waals surface area contributed by atoms with Crippen LogP contribution in [0.2, 0.25) is 0 Å². The van der Waals surface area contributed by atoms with Crippen LogP contribution in [0.3, 0.4) is 0 Å². The van der Waals surface area contributed by atoms with Gasteiger partial charge in [0.1, 0.15) is 5.75 Å². The van der Waals surface area contributed by atoms with Crippen molar-refractivity contribution < 1.29 is 38.8 Å². The van der Waals surface area contributed by atoms with E-state index in [9.17, 15) is 24.6 Å². The molecule has 0 spiro atoms. The quantitative estimate of drug-likeness (QED) is 0.0821. The van der Waals surface area contributed by atoms with Gasteiger partial charge in [0.25, 0.3) is 5.91 Å². The maximum atomic E-state index is 12.9. The van der Waals surface area contributed by atoms with E-state index in [1.165, 1.54) is 30.0 Å². The fourth-order valence-electron chi connectivity index (χ4n) is 6.64. The number of hydrogen-bond acceptors (Lipinski definition) is 12. The lowest BCUT2D eigenvalue weighted by Crippen LogP contribution is -2.38. The van der Waals surface area contributed by atoms with Crippen LogP contribution in [0.25, 0.3) is 5.69 Å². The molecule has 0 radical (unpaired) electrons. The summed E-state index contributed by atoms with van der Waals surface area (Å²) in [5.74, 6) is -1.54. The number of carbonyl (C=O) groups is 3. The Labute approximate surface area is 318 Å². The van der Waals surface area contributed by atoms with Crippen molar-refractivity contribution in [2.45, 2.75) is 42.7 Å². The SMILES string of the molecule is O=C(NCc1ccc(C2O[C@H](CSc3nnnn3-c3ccc(O)cc3)[C@@H](c3ccccc3)[C@H](c3ccc(CO)cc3)O2)cc1)c1ccc2c(c1)C(=O)OC2=O. The third-order valence-electron chi connectivity index (χ3n) is 9.49. The van der Waals surface area contributed by atoms with Crippen molar-refractivity contribution in [1.82, 2.24) is 25.5 Å². The molecule has 4 atom stereocenters. The average Bonchev–Trinajstić information content (AvgIpc) is 3.82. The summed E-state index contributed by atoms with van der Waals surface area (Å²) in [6.45, 7) is 0.126. The fourth-order valence-corrected chi connectivity index (χ4v) is 7.59. The molecule has 1 fully saturated rings. The molecule has 6 aromatic rings. The Balaban J connectivity index is 1.04. The number of phenols is 1. The van der Waals surface area contributed by atoms with Crippen LogP contribution in [-0.4, -0.2) is 60.1 Å². The van der Waals surface area contributed by atoms with Crippen LogP contribution in [0.4, 0.5) is 0 Å². The molecule has 2 aliphatic heterocycles. The van der Waals surface area contributed by atoms with Crippen molar-refractivity contribution in [2.24, 2.45) is 0 Å². The highest BCUT2D eigenvalue weighted by molar-refractivity contribution is 7.99. The van der Waals surface area contributed by atoms with E-state index in [0.29, 0.717) is 16.6 Å². The van der Waals surface area contributed by atoms with Gasteiger partial charge in [0.15, 0.2) is 6.29 Å². The first-order chi connectivity index (χ1) is 26.8. The lowest BCUT2D eigenvalue weighted by molar-refractivity contribution is -0.255. The number of carbonyl (C=O) groups excluding carboxylic acids is 3. The highest BCUT2D eigenvalue weighted by atomic mass is 32.2. The monoisotopic (exact) mass is 755 g/mol. The van der Waals surface area contributed by atoms with Crippen LogP contribution >= 0.6 is 11.8 Å². The van der Waals surface area contributed by atoms with Crippen molar-refractivity contribution in [2.75, 3.05) is 5.75 Å². The zero-order valence-electron chi connectivity index (χ0n) is 29.0. The van der Waals surface area contributed by atoms with Gasteiger partial charge >= 0.3 is 11.9 Å². The second-order valence-electron chi connectivity index (χ2n) is 13.0. The number of nitrogens with zero attached hydrogens (tertiary/aromatic N) is 4. The van der Waals surface area contributed by atoms with Gasteiger partial charge in [-0.15, -0.1) is 5.10 Å². The third kappa shape index (κ3) is 7.61. The van der Waals surface area contributed by atoms with Crippen LogP contribution in [-0.2, 0) is 27.4 Å². The minimum atomic E-state index is -0.771. The molecule has 1 amide bonds. The highest BCUT2D eigenvalue weighted by Gasteiger charge is 2.42. The van der Waals surface area contributed by atoms with Gasteiger partial charge in [-0.1, -0.05) is 90.6 Å². The molecule has 3 heterocycles. The number of hydrogen-bond donors (Lipinski definition) is 3. The number of tetrazole rings is 1. The summed E-state index contributed by atoms with van der Waals surface area (Å²) in [5.41, 5.74) is 5.46. The van der Waals surface area contributed by atoms with Crippen LogP contribution in [0.1, 0.15) is 77.2 Å². The molecule has 0 saturated carbocycles. The molecule has 14 heteroatoms. The molecule has 8 rings (SSSR count). The van der Waals surface area contributed by atoms with Crippen LogP contribution in [0.15, 0.2) is 126 Å². The van der Waals surface area contributed by atoms with Gasteiger partial charge in [0.2, 0.25) is 5.16 Å². The summed E-state index contributed by atoms with van der Waals surface area (Å²) in [6, 6.07) is 36.2. The van der Waals surface area contributed by atoms with Crippen molar-refractivity contribution in [3.8, 4) is 11.4 Å². The summed E-state index contributed by atoms with van der Waals surface area (Å²) in [4.78, 5) is 36.7. The van der Waals surface area contributed by atoms with Crippen molar-refractivity contribution >= 4 is 29.6 Å². The topological polar surface area (TPSA) is 175 Å². The summed E-state index contributed by atoms with van der Waals surface area (Å²) >= 11 is 1.44. The second kappa shape index (κ2) is 15.7. The maximum absolute atomic E-state index is 12.9. The zero-order chi connectivity index (χ0) is 37.9. The lowest BCUT2D eigenvalue weighted by atomic mass is 9.84. The predicted molar refractivity (Wildman–Crippen MR) is 198 cm³/mol. The molecule has 0 aliphatic carbocycles. The molecule has 13 nitrogen and oxygen atoms in total. The number of benzene rings is 5. The summed E-state index contributed by atoms with van der Waals surface area (Å²) < 4.78 is 19.9. The normalized spacial score (nSPS) is 19.1. The number of esters is 2. The molecule has 0 bridgehead atoms. The van der Waals surface area contributed by atoms with E-state index in [4.69, 9.17) is 9.47 Å². The highest BCUT2D eigenvalue weighted by Crippen LogP contribution is 2.48. The number of aliphatic hydroxyl groups is 1. The molecule has 1 unspecified atom stereocenters. The first-order valence-electron chi connectivity index (χ1n) is 17.4. The number of rotatable bonds is 11. The standard InChI is InChI=1S/C41H33N5O8S/c47-22-25-8-10-27(11-9-25)36-35(26-4-2-1-3-5-26)34(23-55-41-43-44-45-46(41)30-15-17-31(48)18-16-30)52-40(53-36)28-12-6-24(7-13-28)21-42-37(49)29-14-19-32-33(20-29)39(51)54-38(32)50/h1-20,34-36,40,47-48H,21-23H2,(H,42,49)/t34-,35-,36+,40?/m1/s1. The number of aromatic hydroxyl groups is 1. The van der Waals surface area contributed by atoms with Crippen LogP contribution in [0.5, 0.6) is 5.75 Å². The second-order valence-corrected chi connectivity index (χ2v) is 13.9. The number of nitrogens with one attached hydrogen (secondary N) is 1. The Hall–Kier alpha value is -6.19. The minimum Gasteiger partial charge on any atom is -0.508 e. The van der Waals surface area contributed by atoms with Gasteiger partial charge in [0.05, 0.1) is 35.6 Å². The Morgan fingerprint density at radius 2 is 1.49 bits per heavy atom. The first kappa shape index (κ1) is 35.8. The Morgan fingerprint density at radius 3 is 2.24 bits per heavy atom. The van der Waals surface area contributed by atoms with E-state index in [0.717, 1.165) is 27.8 Å². The number of aromatic nitrogens is 4. The summed E-state index contributed by atoms with van der Waals surface area (Å²) in [6.07, 6.45) is -1.59. The Kier molecular flexibility index (Phi) is 10.2. The van der Waals surface area contributed by atoms with E-state index in [2.05, 4.69) is 37.7 Å². The molecular formula is C41H33N5O8S.